The molecule has 1 fully saturated rings. The molecule has 1 aromatic rings. The first kappa shape index (κ1) is 17.5. The molecular weight excluding hydrogens is 316 g/mol. The fourth-order valence-electron chi connectivity index (χ4n) is 2.70. The predicted molar refractivity (Wildman–Crippen MR) is 89.1 cm³/mol. The van der Waals surface area contributed by atoms with Crippen LogP contribution in [0, 0.1) is 5.92 Å². The molecule has 2 N–H and O–H groups in total. The number of benzene rings is 1. The molecule has 126 valence electrons. The number of rotatable bonds is 6. The molecule has 1 atom stereocenters. The van der Waals surface area contributed by atoms with Gasteiger partial charge in [0.05, 0.1) is 11.5 Å². The molecule has 6 nitrogen and oxygen atoms in total. The van der Waals surface area contributed by atoms with Gasteiger partial charge in [-0.05, 0) is 49.4 Å². The van der Waals surface area contributed by atoms with Crippen LogP contribution >= 0.6 is 0 Å². The fraction of sp³-hybridized carbons (Fsp3) is 0.500. The molecule has 1 aliphatic rings. The molecule has 1 unspecified atom stereocenters. The zero-order valence-electron chi connectivity index (χ0n) is 13.2. The van der Waals surface area contributed by atoms with Crippen molar-refractivity contribution in [3.63, 3.8) is 0 Å². The Morgan fingerprint density at radius 3 is 2.48 bits per heavy atom. The van der Waals surface area contributed by atoms with Crippen molar-refractivity contribution in [2.24, 2.45) is 5.92 Å². The van der Waals surface area contributed by atoms with E-state index in [-0.39, 0.29) is 23.5 Å². The highest BCUT2D eigenvalue weighted by atomic mass is 32.2. The number of sulfone groups is 1. The smallest absolute Gasteiger partial charge is 0.251 e. The first-order valence-corrected chi connectivity index (χ1v) is 9.54. The minimum atomic E-state index is -2.82. The van der Waals surface area contributed by atoms with Crippen LogP contribution in [0.15, 0.2) is 24.3 Å². The summed E-state index contributed by atoms with van der Waals surface area (Å²) >= 11 is 0. The second-order valence-electron chi connectivity index (χ2n) is 5.93. The quantitative estimate of drug-likeness (QED) is 0.771. The average Bonchev–Trinajstić information content (AvgIpc) is 2.83. The summed E-state index contributed by atoms with van der Waals surface area (Å²) in [6, 6.07) is 6.67. The molecule has 1 aromatic carbocycles. The van der Waals surface area contributed by atoms with Crippen molar-refractivity contribution in [2.45, 2.75) is 26.2 Å². The minimum Gasteiger partial charge on any atom is -0.352 e. The van der Waals surface area contributed by atoms with Gasteiger partial charge in [0.1, 0.15) is 0 Å². The Labute approximate surface area is 136 Å². The Bertz CT molecular complexity index is 668. The van der Waals surface area contributed by atoms with Gasteiger partial charge in [-0.25, -0.2) is 8.42 Å². The van der Waals surface area contributed by atoms with E-state index in [2.05, 4.69) is 10.6 Å². The summed E-state index contributed by atoms with van der Waals surface area (Å²) in [5, 5.41) is 5.47. The molecule has 1 heterocycles. The zero-order valence-corrected chi connectivity index (χ0v) is 14.0. The van der Waals surface area contributed by atoms with Crippen molar-refractivity contribution in [3.05, 3.63) is 29.8 Å². The SMILES string of the molecule is CC(=O)Nc1ccc(C(=O)NCCCC2CCS(=O)(=O)C2)cc1. The summed E-state index contributed by atoms with van der Waals surface area (Å²) in [4.78, 5) is 22.9. The number of anilines is 1. The van der Waals surface area contributed by atoms with Gasteiger partial charge in [-0.2, -0.15) is 0 Å². The maximum atomic E-state index is 12.0. The highest BCUT2D eigenvalue weighted by molar-refractivity contribution is 7.91. The second-order valence-corrected chi connectivity index (χ2v) is 8.15. The van der Waals surface area contributed by atoms with Crippen molar-refractivity contribution < 1.29 is 18.0 Å². The van der Waals surface area contributed by atoms with E-state index in [4.69, 9.17) is 0 Å². The first-order chi connectivity index (χ1) is 10.9. The number of carbonyl (C=O) groups is 2. The third-order valence-corrected chi connectivity index (χ3v) is 5.71. The molecule has 2 amide bonds. The maximum Gasteiger partial charge on any atom is 0.251 e. The van der Waals surface area contributed by atoms with Crippen LogP contribution < -0.4 is 10.6 Å². The minimum absolute atomic E-state index is 0.156. The molecule has 0 spiro atoms. The Kier molecular flexibility index (Phi) is 5.76. The topological polar surface area (TPSA) is 92.3 Å². The molecule has 0 saturated carbocycles. The van der Waals surface area contributed by atoms with E-state index in [0.717, 1.165) is 19.3 Å². The summed E-state index contributed by atoms with van der Waals surface area (Å²) in [6.45, 7) is 1.96. The summed E-state index contributed by atoms with van der Waals surface area (Å²) in [7, 11) is -2.82. The standard InChI is InChI=1S/C16H22N2O4S/c1-12(19)18-15-6-4-14(5-7-15)16(20)17-9-2-3-13-8-10-23(21,22)11-13/h4-7,13H,2-3,8-11H2,1H3,(H,17,20)(H,18,19). The van der Waals surface area contributed by atoms with Gasteiger partial charge < -0.3 is 10.6 Å². The molecule has 23 heavy (non-hydrogen) atoms. The van der Waals surface area contributed by atoms with Gasteiger partial charge in [-0.1, -0.05) is 0 Å². The van der Waals surface area contributed by atoms with Gasteiger partial charge in [0.25, 0.3) is 5.91 Å². The zero-order chi connectivity index (χ0) is 16.9. The van der Waals surface area contributed by atoms with Gasteiger partial charge in [0, 0.05) is 24.7 Å². The molecule has 0 radical (unpaired) electrons. The molecular formula is C16H22N2O4S. The van der Waals surface area contributed by atoms with Crippen molar-refractivity contribution in [2.75, 3.05) is 23.4 Å². The Hall–Kier alpha value is -1.89. The Balaban J connectivity index is 1.71. The van der Waals surface area contributed by atoms with Gasteiger partial charge in [-0.15, -0.1) is 0 Å². The van der Waals surface area contributed by atoms with Crippen LogP contribution in [-0.2, 0) is 14.6 Å². The van der Waals surface area contributed by atoms with Crippen molar-refractivity contribution in [1.29, 1.82) is 0 Å². The average molecular weight is 338 g/mol. The Morgan fingerprint density at radius 2 is 1.91 bits per heavy atom. The van der Waals surface area contributed by atoms with Crippen LogP contribution in [0.5, 0.6) is 0 Å². The number of nitrogens with one attached hydrogen (secondary N) is 2. The summed E-state index contributed by atoms with van der Waals surface area (Å²) in [5.41, 5.74) is 1.18. The number of amides is 2. The molecule has 2 rings (SSSR count). The van der Waals surface area contributed by atoms with Gasteiger partial charge >= 0.3 is 0 Å². The van der Waals surface area contributed by atoms with E-state index in [1.165, 1.54) is 6.92 Å². The molecule has 0 aromatic heterocycles. The van der Waals surface area contributed by atoms with E-state index >= 15 is 0 Å². The van der Waals surface area contributed by atoms with Gasteiger partial charge in [-0.3, -0.25) is 9.59 Å². The van der Waals surface area contributed by atoms with E-state index in [1.807, 2.05) is 0 Å². The third-order valence-electron chi connectivity index (χ3n) is 3.87. The highest BCUT2D eigenvalue weighted by Crippen LogP contribution is 2.22. The van der Waals surface area contributed by atoms with Crippen LogP contribution in [0.25, 0.3) is 0 Å². The van der Waals surface area contributed by atoms with Crippen molar-refractivity contribution in [1.82, 2.24) is 5.32 Å². The van der Waals surface area contributed by atoms with Crippen LogP contribution in [0.3, 0.4) is 0 Å². The van der Waals surface area contributed by atoms with E-state index in [1.54, 1.807) is 24.3 Å². The predicted octanol–water partition coefficient (Wildman–Crippen LogP) is 1.59. The van der Waals surface area contributed by atoms with Gasteiger partial charge in [0.15, 0.2) is 9.84 Å². The first-order valence-electron chi connectivity index (χ1n) is 7.72. The summed E-state index contributed by atoms with van der Waals surface area (Å²) in [6.07, 6.45) is 2.33. The lowest BCUT2D eigenvalue weighted by Gasteiger charge is -2.09. The number of hydrogen-bond acceptors (Lipinski definition) is 4. The molecule has 0 aliphatic carbocycles. The van der Waals surface area contributed by atoms with Crippen LogP contribution in [-0.4, -0.2) is 38.3 Å². The van der Waals surface area contributed by atoms with E-state index in [0.29, 0.717) is 23.5 Å². The maximum absolute atomic E-state index is 12.0. The van der Waals surface area contributed by atoms with Crippen molar-refractivity contribution >= 4 is 27.3 Å². The van der Waals surface area contributed by atoms with Crippen LogP contribution in [0.2, 0.25) is 0 Å². The van der Waals surface area contributed by atoms with Gasteiger partial charge in [0.2, 0.25) is 5.91 Å². The number of carbonyl (C=O) groups excluding carboxylic acids is 2. The fourth-order valence-corrected chi connectivity index (χ4v) is 4.61. The molecule has 7 heteroatoms. The van der Waals surface area contributed by atoms with E-state index in [9.17, 15) is 18.0 Å². The lowest BCUT2D eigenvalue weighted by molar-refractivity contribution is -0.114. The van der Waals surface area contributed by atoms with E-state index < -0.39 is 9.84 Å². The normalized spacial score (nSPS) is 19.3. The molecule has 1 aliphatic heterocycles. The lowest BCUT2D eigenvalue weighted by Crippen LogP contribution is -2.24. The monoisotopic (exact) mass is 338 g/mol. The summed E-state index contributed by atoms with van der Waals surface area (Å²) in [5.74, 6) is 0.486. The lowest BCUT2D eigenvalue weighted by atomic mass is 10.0. The summed E-state index contributed by atoms with van der Waals surface area (Å²) < 4.78 is 22.7. The molecule has 1 saturated heterocycles. The largest absolute Gasteiger partial charge is 0.352 e. The number of hydrogen-bond donors (Lipinski definition) is 2. The third kappa shape index (κ3) is 5.67. The van der Waals surface area contributed by atoms with Crippen molar-refractivity contribution in [3.8, 4) is 0 Å². The van der Waals surface area contributed by atoms with Crippen LogP contribution in [0.4, 0.5) is 5.69 Å². The Morgan fingerprint density at radius 1 is 1.22 bits per heavy atom. The highest BCUT2D eigenvalue weighted by Gasteiger charge is 2.27. The second kappa shape index (κ2) is 7.59. The van der Waals surface area contributed by atoms with Crippen LogP contribution in [0.1, 0.15) is 36.5 Å². The molecule has 0 bridgehead atoms.